The van der Waals surface area contributed by atoms with Crippen molar-refractivity contribution in [1.82, 2.24) is 4.90 Å². The van der Waals surface area contributed by atoms with Crippen molar-refractivity contribution in [2.45, 2.75) is 31.0 Å². The van der Waals surface area contributed by atoms with E-state index in [4.69, 9.17) is 5.73 Å². The standard InChI is InChI=1S/C19H22N2O2.Na/c20-17-13-19(18(22)23,16-9-5-2-6-10-16)11-12-21(17)14-15-7-3-1-4-8-15;/h1-10,17H,11-14,20H2,(H,22,23);. The van der Waals surface area contributed by atoms with E-state index in [0.717, 1.165) is 12.1 Å². The number of piperidine rings is 1. The monoisotopic (exact) mass is 333 g/mol. The minimum Gasteiger partial charge on any atom is -0.481 e. The summed E-state index contributed by atoms with van der Waals surface area (Å²) in [7, 11) is 0. The molecule has 3 rings (SSSR count). The van der Waals surface area contributed by atoms with Crippen LogP contribution < -0.4 is 5.73 Å². The summed E-state index contributed by atoms with van der Waals surface area (Å²) in [6.45, 7) is 1.43. The Labute approximate surface area is 165 Å². The van der Waals surface area contributed by atoms with E-state index in [1.807, 2.05) is 48.5 Å². The number of hydrogen-bond acceptors (Lipinski definition) is 3. The second-order valence-corrected chi connectivity index (χ2v) is 6.23. The number of benzene rings is 2. The third-order valence-electron chi connectivity index (χ3n) is 4.82. The van der Waals surface area contributed by atoms with Gasteiger partial charge in [-0.3, -0.25) is 9.69 Å². The van der Waals surface area contributed by atoms with Crippen molar-refractivity contribution in [3.63, 3.8) is 0 Å². The fraction of sp³-hybridized carbons (Fsp3) is 0.316. The molecular formula is C19H22N2NaO2. The molecule has 1 radical (unpaired) electrons. The summed E-state index contributed by atoms with van der Waals surface area (Å²) in [5.41, 5.74) is 7.51. The Morgan fingerprint density at radius 2 is 1.71 bits per heavy atom. The number of nitrogens with two attached hydrogens (primary N) is 1. The minimum atomic E-state index is -0.881. The molecule has 0 aliphatic carbocycles. The molecule has 2 unspecified atom stereocenters. The Bertz CT molecular complexity index is 666. The van der Waals surface area contributed by atoms with E-state index in [-0.39, 0.29) is 35.7 Å². The minimum absolute atomic E-state index is 0. The molecule has 2 atom stereocenters. The predicted molar refractivity (Wildman–Crippen MR) is 95.6 cm³/mol. The Hall–Kier alpha value is -1.17. The molecule has 1 fully saturated rings. The Kier molecular flexibility index (Phi) is 6.61. The molecule has 0 aromatic heterocycles. The van der Waals surface area contributed by atoms with Crippen LogP contribution in [0.25, 0.3) is 0 Å². The van der Waals surface area contributed by atoms with Crippen LogP contribution in [0.2, 0.25) is 0 Å². The topological polar surface area (TPSA) is 66.6 Å². The molecule has 2 aromatic carbocycles. The van der Waals surface area contributed by atoms with Gasteiger partial charge in [0, 0.05) is 42.6 Å². The molecule has 1 aliphatic heterocycles. The Morgan fingerprint density at radius 1 is 1.12 bits per heavy atom. The van der Waals surface area contributed by atoms with Gasteiger partial charge in [-0.15, -0.1) is 0 Å². The first-order valence-corrected chi connectivity index (χ1v) is 7.94. The largest absolute Gasteiger partial charge is 0.481 e. The molecule has 3 N–H and O–H groups in total. The van der Waals surface area contributed by atoms with E-state index in [1.54, 1.807) is 0 Å². The third kappa shape index (κ3) is 3.90. The van der Waals surface area contributed by atoms with Crippen LogP contribution in [0.3, 0.4) is 0 Å². The second-order valence-electron chi connectivity index (χ2n) is 6.23. The smallest absolute Gasteiger partial charge is 0.314 e. The summed E-state index contributed by atoms with van der Waals surface area (Å²) in [6.07, 6.45) is 0.742. The van der Waals surface area contributed by atoms with E-state index in [9.17, 15) is 9.90 Å². The average molecular weight is 333 g/mol. The fourth-order valence-electron chi connectivity index (χ4n) is 3.44. The van der Waals surface area contributed by atoms with Crippen molar-refractivity contribution < 1.29 is 9.90 Å². The fourth-order valence-corrected chi connectivity index (χ4v) is 3.44. The molecule has 1 heterocycles. The van der Waals surface area contributed by atoms with Gasteiger partial charge in [-0.2, -0.15) is 0 Å². The molecule has 24 heavy (non-hydrogen) atoms. The van der Waals surface area contributed by atoms with Crippen molar-refractivity contribution in [1.29, 1.82) is 0 Å². The average Bonchev–Trinajstić information content (AvgIpc) is 2.58. The number of carboxylic acid groups (broad SMARTS) is 1. The van der Waals surface area contributed by atoms with Crippen molar-refractivity contribution in [3.8, 4) is 0 Å². The van der Waals surface area contributed by atoms with Crippen LogP contribution in [0.15, 0.2) is 60.7 Å². The second kappa shape index (κ2) is 8.28. The maximum atomic E-state index is 12.0. The molecular weight excluding hydrogens is 311 g/mol. The number of aliphatic carboxylic acids is 1. The van der Waals surface area contributed by atoms with E-state index in [1.165, 1.54) is 5.56 Å². The van der Waals surface area contributed by atoms with Gasteiger partial charge in [-0.25, -0.2) is 0 Å². The van der Waals surface area contributed by atoms with E-state index < -0.39 is 11.4 Å². The zero-order valence-corrected chi connectivity index (χ0v) is 16.1. The van der Waals surface area contributed by atoms with Gasteiger partial charge in [0.1, 0.15) is 0 Å². The molecule has 0 spiro atoms. The molecule has 0 bridgehead atoms. The first-order valence-electron chi connectivity index (χ1n) is 7.94. The molecule has 2 aromatic rings. The van der Waals surface area contributed by atoms with Crippen LogP contribution in [0.4, 0.5) is 0 Å². The van der Waals surface area contributed by atoms with Gasteiger partial charge in [0.05, 0.1) is 11.6 Å². The van der Waals surface area contributed by atoms with Gasteiger partial charge < -0.3 is 10.8 Å². The first kappa shape index (κ1) is 19.2. The van der Waals surface area contributed by atoms with Crippen LogP contribution in [0, 0.1) is 0 Å². The van der Waals surface area contributed by atoms with Crippen molar-refractivity contribution >= 4 is 35.5 Å². The van der Waals surface area contributed by atoms with Gasteiger partial charge in [0.15, 0.2) is 0 Å². The number of rotatable bonds is 4. The van der Waals surface area contributed by atoms with Crippen molar-refractivity contribution in [2.75, 3.05) is 6.54 Å². The summed E-state index contributed by atoms with van der Waals surface area (Å²) < 4.78 is 0. The van der Waals surface area contributed by atoms with E-state index in [2.05, 4.69) is 17.0 Å². The van der Waals surface area contributed by atoms with Gasteiger partial charge in [-0.05, 0) is 24.0 Å². The number of nitrogens with zero attached hydrogens (tertiary/aromatic N) is 1. The molecule has 1 aliphatic rings. The normalized spacial score (nSPS) is 24.1. The van der Waals surface area contributed by atoms with E-state index in [0.29, 0.717) is 19.4 Å². The van der Waals surface area contributed by atoms with Crippen molar-refractivity contribution in [2.24, 2.45) is 5.73 Å². The molecule has 0 saturated carbocycles. The van der Waals surface area contributed by atoms with Crippen LogP contribution in [-0.2, 0) is 16.8 Å². The summed E-state index contributed by atoms with van der Waals surface area (Å²) in [5, 5.41) is 9.86. The summed E-state index contributed by atoms with van der Waals surface area (Å²) in [4.78, 5) is 14.2. The van der Waals surface area contributed by atoms with Crippen molar-refractivity contribution in [3.05, 3.63) is 71.8 Å². The molecule has 4 nitrogen and oxygen atoms in total. The van der Waals surface area contributed by atoms with Gasteiger partial charge in [0.25, 0.3) is 0 Å². The summed E-state index contributed by atoms with van der Waals surface area (Å²) in [6, 6.07) is 19.6. The third-order valence-corrected chi connectivity index (χ3v) is 4.82. The zero-order chi connectivity index (χ0) is 16.3. The number of likely N-dealkylation sites (tertiary alicyclic amines) is 1. The molecule has 0 amide bonds. The predicted octanol–water partition coefficient (Wildman–Crippen LogP) is 2.21. The quantitative estimate of drug-likeness (QED) is 0.842. The first-order chi connectivity index (χ1) is 11.1. The van der Waals surface area contributed by atoms with Crippen LogP contribution >= 0.6 is 0 Å². The van der Waals surface area contributed by atoms with Crippen LogP contribution in [0.1, 0.15) is 24.0 Å². The van der Waals surface area contributed by atoms with Crippen LogP contribution in [-0.4, -0.2) is 58.2 Å². The molecule has 5 heteroatoms. The number of carbonyl (C=O) groups is 1. The SMILES string of the molecule is NC1CC(C(=O)O)(c2ccccc2)CCN1Cc1ccccc1.[Na]. The molecule has 121 valence electrons. The van der Waals surface area contributed by atoms with Gasteiger partial charge in [0.2, 0.25) is 0 Å². The number of carboxylic acids is 1. The number of hydrogen-bond donors (Lipinski definition) is 2. The Morgan fingerprint density at radius 3 is 2.25 bits per heavy atom. The maximum absolute atomic E-state index is 12.0. The van der Waals surface area contributed by atoms with Gasteiger partial charge >= 0.3 is 5.97 Å². The Balaban J connectivity index is 0.00000208. The summed E-state index contributed by atoms with van der Waals surface area (Å²) in [5.74, 6) is -0.779. The maximum Gasteiger partial charge on any atom is 0.314 e. The molecule has 1 saturated heterocycles. The van der Waals surface area contributed by atoms with E-state index >= 15 is 0 Å². The summed E-state index contributed by atoms with van der Waals surface area (Å²) >= 11 is 0. The zero-order valence-electron chi connectivity index (χ0n) is 14.1. The van der Waals surface area contributed by atoms with Crippen LogP contribution in [0.5, 0.6) is 0 Å². The van der Waals surface area contributed by atoms with Gasteiger partial charge in [-0.1, -0.05) is 60.7 Å².